The van der Waals surface area contributed by atoms with Gasteiger partial charge in [0.05, 0.1) is 29.7 Å². The van der Waals surface area contributed by atoms with Crippen molar-refractivity contribution in [1.29, 1.82) is 0 Å². The Morgan fingerprint density at radius 3 is 2.40 bits per heavy atom. The summed E-state index contributed by atoms with van der Waals surface area (Å²) in [5, 5.41) is 18.4. The molecule has 15 nitrogen and oxygen atoms in total. The van der Waals surface area contributed by atoms with Gasteiger partial charge in [-0.05, 0) is 143 Å². The summed E-state index contributed by atoms with van der Waals surface area (Å²) in [5.74, 6) is -3.03. The van der Waals surface area contributed by atoms with Gasteiger partial charge in [0.15, 0.2) is 23.3 Å². The maximum Gasteiger partial charge on any atom is 0.329 e. The van der Waals surface area contributed by atoms with Gasteiger partial charge in [0, 0.05) is 80.1 Å². The molecule has 8 heterocycles. The zero-order chi connectivity index (χ0) is 50.0. The van der Waals surface area contributed by atoms with Crippen LogP contribution in [0.1, 0.15) is 88.5 Å². The largest absolute Gasteiger partial charge is 0.508 e. The van der Waals surface area contributed by atoms with Crippen LogP contribution in [0.4, 0.5) is 34.0 Å². The fourth-order valence-corrected chi connectivity index (χ4v) is 13.2. The molecule has 1 atom stereocenters. The van der Waals surface area contributed by atoms with Gasteiger partial charge < -0.3 is 29.3 Å². The van der Waals surface area contributed by atoms with Crippen LogP contribution < -0.4 is 19.9 Å². The lowest BCUT2D eigenvalue weighted by atomic mass is 9.59. The number of pyridine rings is 1. The lowest BCUT2D eigenvalue weighted by molar-refractivity contribution is -0.151. The molecule has 0 radical (unpaired) electrons. The van der Waals surface area contributed by atoms with E-state index >= 15 is 13.2 Å². The van der Waals surface area contributed by atoms with Crippen molar-refractivity contribution in [3.05, 3.63) is 71.4 Å². The number of phenols is 1. The lowest BCUT2D eigenvalue weighted by Crippen LogP contribution is -2.56. The smallest absolute Gasteiger partial charge is 0.329 e. The van der Waals surface area contributed by atoms with E-state index in [2.05, 4.69) is 35.1 Å². The molecule has 7 fully saturated rings. The Morgan fingerprint density at radius 1 is 0.863 bits per heavy atom. The predicted molar refractivity (Wildman–Crippen MR) is 265 cm³/mol. The molecule has 2 aliphatic carbocycles. The molecule has 5 saturated heterocycles. The molecular weight excluding hydrogens is 945 g/mol. The summed E-state index contributed by atoms with van der Waals surface area (Å²) in [7, 11) is 1.80. The second-order valence-corrected chi connectivity index (χ2v) is 22.3. The number of piperidine rings is 3. The van der Waals surface area contributed by atoms with Crippen molar-refractivity contribution in [3.8, 4) is 23.0 Å². The Morgan fingerprint density at radius 2 is 1.66 bits per heavy atom. The summed E-state index contributed by atoms with van der Waals surface area (Å²) in [4.78, 5) is 47.0. The number of ether oxygens (including phenoxy) is 2. The Hall–Kier alpha value is -6.18. The van der Waals surface area contributed by atoms with Gasteiger partial charge in [-0.2, -0.15) is 15.1 Å². The van der Waals surface area contributed by atoms with Crippen molar-refractivity contribution in [2.75, 3.05) is 75.4 Å². The average Bonchev–Trinajstić information content (AvgIpc) is 4.06. The van der Waals surface area contributed by atoms with Crippen molar-refractivity contribution in [1.82, 2.24) is 39.8 Å². The van der Waals surface area contributed by atoms with Gasteiger partial charge >= 0.3 is 12.0 Å². The van der Waals surface area contributed by atoms with Gasteiger partial charge in [0.1, 0.15) is 28.6 Å². The fourth-order valence-electron chi connectivity index (χ4n) is 13.2. The van der Waals surface area contributed by atoms with E-state index in [4.69, 9.17) is 14.5 Å². The number of aromatic hydroxyl groups is 1. The summed E-state index contributed by atoms with van der Waals surface area (Å²) >= 11 is 0. The minimum Gasteiger partial charge on any atom is -0.508 e. The standard InChI is InChI=1S/C54H58F4N10O5/c1-64-41-24-35(40(56)23-36(41)49(63-64)68-17-7-42(70)60-51(68)71)31-5-15-66(16-6-31)33-25-52(26-33)11-18-65(19-12-52)28-53(9-10-53)30-72-50-61-47-38(48(62-50)67-14-2-8-54(29-67)13-20-73-54)27-59-46(45(47)58)37-22-34(69)21-32-3-4-39(55)44(57)43(32)37/h3-4,21-24,27,31,33,69H,2,5-20,25-26,28-30H2,1H3,(H,60,70,71)/t54-/m0/s1. The first-order valence-corrected chi connectivity index (χ1v) is 26.0. The first-order chi connectivity index (χ1) is 35.2. The number of aryl methyl sites for hydroxylation is 1. The third-order valence-electron chi connectivity index (χ3n) is 17.7. The first-order valence-electron chi connectivity index (χ1n) is 26.0. The number of carbonyl (C=O) groups excluding carboxylic acids is 2. The van der Waals surface area contributed by atoms with E-state index in [1.54, 1.807) is 11.7 Å². The van der Waals surface area contributed by atoms with Gasteiger partial charge in [0.2, 0.25) is 5.91 Å². The van der Waals surface area contributed by atoms with Crippen LogP contribution in [0.15, 0.2) is 42.6 Å². The summed E-state index contributed by atoms with van der Waals surface area (Å²) in [6, 6.07) is 8.23. The van der Waals surface area contributed by atoms with Crippen molar-refractivity contribution in [2.24, 2.45) is 17.9 Å². The minimum absolute atomic E-state index is 0.0395. The maximum atomic E-state index is 17.0. The molecule has 0 bridgehead atoms. The zero-order valence-corrected chi connectivity index (χ0v) is 40.9. The average molecular weight is 1000 g/mol. The topological polar surface area (TPSA) is 154 Å². The monoisotopic (exact) mass is 1000 g/mol. The number of hydrogen-bond acceptors (Lipinski definition) is 12. The number of phenolic OH excluding ortho intramolecular Hbond substituents is 1. The summed E-state index contributed by atoms with van der Waals surface area (Å²) < 4.78 is 77.1. The highest BCUT2D eigenvalue weighted by atomic mass is 19.2. The van der Waals surface area contributed by atoms with Crippen LogP contribution in [0.3, 0.4) is 0 Å². The molecule has 19 heteroatoms. The van der Waals surface area contributed by atoms with E-state index in [9.17, 15) is 19.1 Å². The molecule has 3 aromatic carbocycles. The summed E-state index contributed by atoms with van der Waals surface area (Å²) in [6.45, 7) is 7.27. The number of imide groups is 1. The summed E-state index contributed by atoms with van der Waals surface area (Å²) in [6.07, 6.45) is 12.7. The molecule has 13 rings (SSSR count). The van der Waals surface area contributed by atoms with Crippen molar-refractivity contribution in [3.63, 3.8) is 0 Å². The quantitative estimate of drug-likeness (QED) is 0.127. The molecule has 2 N–H and O–H groups in total. The van der Waals surface area contributed by atoms with Crippen LogP contribution in [0, 0.1) is 34.1 Å². The third-order valence-corrected chi connectivity index (χ3v) is 17.7. The van der Waals surface area contributed by atoms with E-state index < -0.39 is 23.5 Å². The maximum absolute atomic E-state index is 17.0. The van der Waals surface area contributed by atoms with Crippen molar-refractivity contribution in [2.45, 2.75) is 94.6 Å². The second kappa shape index (κ2) is 17.5. The normalized spacial score (nSPS) is 23.7. The molecule has 2 spiro atoms. The number of carbonyl (C=O) groups is 2. The first kappa shape index (κ1) is 46.6. The highest BCUT2D eigenvalue weighted by Gasteiger charge is 2.51. The molecule has 382 valence electrons. The van der Waals surface area contributed by atoms with Crippen molar-refractivity contribution < 1.29 is 41.7 Å². The van der Waals surface area contributed by atoms with Crippen LogP contribution in [0.2, 0.25) is 0 Å². The number of aromatic nitrogens is 5. The van der Waals surface area contributed by atoms with Gasteiger partial charge in [-0.15, -0.1) is 0 Å². The van der Waals surface area contributed by atoms with Gasteiger partial charge in [-0.25, -0.2) is 22.4 Å². The fraction of sp³-hybridized carbons (Fsp3) is 0.519. The molecule has 5 aliphatic heterocycles. The van der Waals surface area contributed by atoms with Gasteiger partial charge in [-0.3, -0.25) is 24.7 Å². The van der Waals surface area contributed by atoms with Crippen molar-refractivity contribution >= 4 is 56.2 Å². The molecule has 2 saturated carbocycles. The van der Waals surface area contributed by atoms with E-state index in [-0.39, 0.29) is 80.9 Å². The molecule has 6 aromatic rings. The highest BCUT2D eigenvalue weighted by molar-refractivity contribution is 6.09. The Labute approximate surface area is 418 Å². The SMILES string of the molecule is Cn1nc(N2CCC(=O)NC2=O)c2cc(F)c(C3CCN(C4CC5(CCN(CC6(COc7nc(N8CCC[C@]9(CCO9)C8)c8cnc(-c9cc(O)cc%10ccc(F)c(F)c9%10)c(F)c8n7)CC6)CC5)C4)CC3)cc21. The third kappa shape index (κ3) is 8.20. The minimum atomic E-state index is -1.16. The number of likely N-dealkylation sites (tertiary alicyclic amines) is 2. The van der Waals surface area contributed by atoms with Gasteiger partial charge in [-0.1, -0.05) is 6.07 Å². The summed E-state index contributed by atoms with van der Waals surface area (Å²) in [5.41, 5.74) is 1.01. The molecule has 3 amide bonds. The van der Waals surface area contributed by atoms with Gasteiger partial charge in [0.25, 0.3) is 0 Å². The second-order valence-electron chi connectivity index (χ2n) is 22.3. The lowest BCUT2D eigenvalue weighted by Gasteiger charge is -2.56. The number of halogens is 4. The van der Waals surface area contributed by atoms with Crippen LogP contribution >= 0.6 is 0 Å². The van der Waals surface area contributed by atoms with Crippen LogP contribution in [-0.4, -0.2) is 129 Å². The Bertz CT molecular complexity index is 3230. The molecule has 73 heavy (non-hydrogen) atoms. The number of hydrogen-bond donors (Lipinski definition) is 2. The van der Waals surface area contributed by atoms with E-state index in [1.165, 1.54) is 48.2 Å². The highest BCUT2D eigenvalue weighted by Crippen LogP contribution is 2.54. The van der Waals surface area contributed by atoms with E-state index in [0.717, 1.165) is 102 Å². The number of fused-ring (bicyclic) bond motifs is 3. The zero-order valence-electron chi connectivity index (χ0n) is 40.9. The molecule has 7 aliphatic rings. The number of nitrogens with zero attached hydrogens (tertiary/aromatic N) is 9. The van der Waals surface area contributed by atoms with Crippen LogP contribution in [0.5, 0.6) is 11.8 Å². The predicted octanol–water partition coefficient (Wildman–Crippen LogP) is 8.48. The Balaban J connectivity index is 0.653. The van der Waals surface area contributed by atoms with Crippen LogP contribution in [-0.2, 0) is 16.6 Å². The number of amides is 3. The Kier molecular flexibility index (Phi) is 11.2. The number of urea groups is 1. The molecule has 0 unspecified atom stereocenters. The van der Waals surface area contributed by atoms with E-state index in [1.807, 2.05) is 6.07 Å². The number of benzene rings is 3. The van der Waals surface area contributed by atoms with Crippen LogP contribution in [0.25, 0.3) is 43.8 Å². The number of rotatable bonds is 10. The van der Waals surface area contributed by atoms with E-state index in [0.29, 0.717) is 65.7 Å². The number of anilines is 2. The number of nitrogens with one attached hydrogen (secondary N) is 1. The molecular formula is C54H58F4N10O5. The molecule has 3 aromatic heterocycles.